The second-order valence-electron chi connectivity index (χ2n) is 10.5. The van der Waals surface area contributed by atoms with Crippen molar-refractivity contribution in [2.75, 3.05) is 26.2 Å². The smallest absolute Gasteiger partial charge is 0.422 e. The number of nitrogens with one attached hydrogen (secondary N) is 1. The molecule has 0 bridgehead atoms. The van der Waals surface area contributed by atoms with Crippen LogP contribution in [0, 0.1) is 6.92 Å². The first-order chi connectivity index (χ1) is 18.6. The maximum absolute atomic E-state index is 15.7. The number of halogens is 4. The summed E-state index contributed by atoms with van der Waals surface area (Å²) >= 11 is 0. The summed E-state index contributed by atoms with van der Waals surface area (Å²) in [5.41, 5.74) is 1.95. The van der Waals surface area contributed by atoms with E-state index < -0.39 is 18.5 Å². The van der Waals surface area contributed by atoms with E-state index in [9.17, 15) is 18.0 Å². The summed E-state index contributed by atoms with van der Waals surface area (Å²) in [4.78, 5) is 23.6. The molecule has 11 heteroatoms. The zero-order valence-corrected chi connectivity index (χ0v) is 21.8. The van der Waals surface area contributed by atoms with Gasteiger partial charge in [-0.1, -0.05) is 12.1 Å². The van der Waals surface area contributed by atoms with Crippen LogP contribution >= 0.6 is 0 Å². The third kappa shape index (κ3) is 6.87. The van der Waals surface area contributed by atoms with Crippen LogP contribution in [0.2, 0.25) is 0 Å². The number of aryl methyl sites for hydroxylation is 1. The first kappa shape index (κ1) is 27.4. The molecule has 0 saturated heterocycles. The average molecular weight is 549 g/mol. The number of hydrogen-bond donors (Lipinski definition) is 1. The summed E-state index contributed by atoms with van der Waals surface area (Å²) < 4.78 is 63.4. The second kappa shape index (κ2) is 11.1. The largest absolute Gasteiger partial charge is 0.468 e. The van der Waals surface area contributed by atoms with E-state index in [1.807, 2.05) is 0 Å². The summed E-state index contributed by atoms with van der Waals surface area (Å²) in [5.74, 6) is 0.228. The van der Waals surface area contributed by atoms with Crippen molar-refractivity contribution in [3.8, 4) is 5.88 Å². The molecule has 7 nitrogen and oxygen atoms in total. The van der Waals surface area contributed by atoms with Crippen molar-refractivity contribution in [2.24, 2.45) is 0 Å². The number of amides is 1. The van der Waals surface area contributed by atoms with Gasteiger partial charge in [0.05, 0.1) is 5.56 Å². The first-order valence-electron chi connectivity index (χ1n) is 13.3. The predicted octanol–water partition coefficient (Wildman–Crippen LogP) is 5.34. The molecule has 3 aromatic rings. The zero-order valence-electron chi connectivity index (χ0n) is 21.8. The molecule has 5 rings (SSSR count). The minimum atomic E-state index is -4.41. The number of nitrogens with zero attached hydrogens (tertiary/aromatic N) is 3. The molecule has 1 saturated carbocycles. The Morgan fingerprint density at radius 1 is 1.15 bits per heavy atom. The van der Waals surface area contributed by atoms with E-state index in [0.717, 1.165) is 17.8 Å². The van der Waals surface area contributed by atoms with Crippen LogP contribution < -0.4 is 10.1 Å². The number of aromatic nitrogens is 2. The van der Waals surface area contributed by atoms with Gasteiger partial charge in [0.15, 0.2) is 18.1 Å². The van der Waals surface area contributed by atoms with Crippen molar-refractivity contribution in [1.29, 1.82) is 0 Å². The maximum atomic E-state index is 15.7. The monoisotopic (exact) mass is 548 g/mol. The molecule has 1 fully saturated rings. The van der Waals surface area contributed by atoms with Crippen LogP contribution in [0.5, 0.6) is 5.88 Å². The fraction of sp³-hybridized carbons (Fsp3) is 0.536. The number of carbonyl (C=O) groups excluding carboxylic acids is 1. The molecule has 1 N–H and O–H groups in total. The Balaban J connectivity index is 1.09. The molecule has 0 spiro atoms. The van der Waals surface area contributed by atoms with Crippen LogP contribution in [0.25, 0.3) is 11.1 Å². The van der Waals surface area contributed by atoms with Crippen LogP contribution in [0.1, 0.15) is 59.6 Å². The fourth-order valence-electron chi connectivity index (χ4n) is 5.46. The lowest BCUT2D eigenvalue weighted by Gasteiger charge is -2.35. The molecule has 0 radical (unpaired) electrons. The molecule has 210 valence electrons. The van der Waals surface area contributed by atoms with Crippen LogP contribution in [0.3, 0.4) is 0 Å². The van der Waals surface area contributed by atoms with Gasteiger partial charge < -0.3 is 19.4 Å². The fourth-order valence-corrected chi connectivity index (χ4v) is 5.46. The molecule has 39 heavy (non-hydrogen) atoms. The Morgan fingerprint density at radius 3 is 2.69 bits per heavy atom. The highest BCUT2D eigenvalue weighted by molar-refractivity contribution is 6.04. The SMILES string of the molecule is Cc1nc2cccc(C(=O)NC3CCC(F)(CCN4CCc5ccc(OCC(F)(F)F)nc5CC4)CC3)c2o1. The summed E-state index contributed by atoms with van der Waals surface area (Å²) in [5, 5.41) is 3.04. The zero-order chi connectivity index (χ0) is 27.6. The van der Waals surface area contributed by atoms with Crippen molar-refractivity contribution >= 4 is 17.0 Å². The molecular formula is C28H32F4N4O3. The molecule has 1 amide bonds. The molecule has 0 unspecified atom stereocenters. The Labute approximate surface area is 223 Å². The van der Waals surface area contributed by atoms with Gasteiger partial charge in [-0.25, -0.2) is 14.4 Å². The van der Waals surface area contributed by atoms with Crippen LogP contribution in [-0.4, -0.2) is 64.9 Å². The minimum absolute atomic E-state index is 0.0290. The van der Waals surface area contributed by atoms with Gasteiger partial charge in [-0.3, -0.25) is 4.79 Å². The Hall–Kier alpha value is -3.21. The van der Waals surface area contributed by atoms with Gasteiger partial charge in [0.25, 0.3) is 5.91 Å². The molecule has 3 heterocycles. The van der Waals surface area contributed by atoms with Crippen LogP contribution in [0.4, 0.5) is 17.6 Å². The number of fused-ring (bicyclic) bond motifs is 2. The van der Waals surface area contributed by atoms with E-state index in [0.29, 0.717) is 80.6 Å². The number of oxazole rings is 1. The van der Waals surface area contributed by atoms with Crippen molar-refractivity contribution in [3.05, 3.63) is 53.0 Å². The number of ether oxygens (including phenoxy) is 1. The van der Waals surface area contributed by atoms with Gasteiger partial charge in [-0.05, 0) is 56.2 Å². The van der Waals surface area contributed by atoms with Gasteiger partial charge in [-0.15, -0.1) is 0 Å². The highest BCUT2D eigenvalue weighted by atomic mass is 19.4. The molecule has 1 aromatic carbocycles. The standard InChI is InChI=1S/C28H32F4N4O3/c1-18-33-23-4-2-3-21(25(23)39-18)26(37)34-20-7-11-27(29,12-8-20)13-16-36-14-9-19-5-6-24(35-22(19)10-15-36)38-17-28(30,31)32/h2-6,20H,7-17H2,1H3,(H,34,37). The topological polar surface area (TPSA) is 80.5 Å². The number of pyridine rings is 1. The maximum Gasteiger partial charge on any atom is 0.422 e. The van der Waals surface area contributed by atoms with E-state index in [2.05, 4.69) is 20.2 Å². The number of rotatable bonds is 7. The van der Waals surface area contributed by atoms with Gasteiger partial charge >= 0.3 is 6.18 Å². The Bertz CT molecular complexity index is 1320. The molecule has 1 aliphatic heterocycles. The number of para-hydroxylation sites is 1. The molecule has 2 aromatic heterocycles. The molecule has 1 aliphatic carbocycles. The van der Waals surface area contributed by atoms with Gasteiger partial charge in [0, 0.05) is 50.8 Å². The van der Waals surface area contributed by atoms with E-state index in [4.69, 9.17) is 9.15 Å². The van der Waals surface area contributed by atoms with E-state index in [1.165, 1.54) is 6.07 Å². The quantitative estimate of drug-likeness (QED) is 0.402. The van der Waals surface area contributed by atoms with Gasteiger partial charge in [0.2, 0.25) is 5.88 Å². The third-order valence-electron chi connectivity index (χ3n) is 7.65. The first-order valence-corrected chi connectivity index (χ1v) is 13.3. The summed E-state index contributed by atoms with van der Waals surface area (Å²) in [6.45, 7) is 2.35. The third-order valence-corrected chi connectivity index (χ3v) is 7.65. The Morgan fingerprint density at radius 2 is 1.92 bits per heavy atom. The molecule has 2 aliphatic rings. The molecule has 0 atom stereocenters. The van der Waals surface area contributed by atoms with Gasteiger partial charge in [-0.2, -0.15) is 13.2 Å². The van der Waals surface area contributed by atoms with E-state index in [-0.39, 0.29) is 17.8 Å². The number of alkyl halides is 4. The summed E-state index contributed by atoms with van der Waals surface area (Å²) in [7, 11) is 0. The lowest BCUT2D eigenvalue weighted by Crippen LogP contribution is -2.43. The van der Waals surface area contributed by atoms with Crippen LogP contribution in [0.15, 0.2) is 34.7 Å². The number of carbonyl (C=O) groups is 1. The highest BCUT2D eigenvalue weighted by Gasteiger charge is 2.36. The molecular weight excluding hydrogens is 516 g/mol. The van der Waals surface area contributed by atoms with Crippen molar-refractivity contribution in [1.82, 2.24) is 20.2 Å². The average Bonchev–Trinajstić information content (AvgIpc) is 3.16. The Kier molecular flexibility index (Phi) is 7.80. The number of benzene rings is 1. The lowest BCUT2D eigenvalue weighted by molar-refractivity contribution is -0.154. The number of hydrogen-bond acceptors (Lipinski definition) is 6. The summed E-state index contributed by atoms with van der Waals surface area (Å²) in [6, 6.07) is 8.41. The van der Waals surface area contributed by atoms with Crippen molar-refractivity contribution in [2.45, 2.75) is 69.8 Å². The van der Waals surface area contributed by atoms with E-state index >= 15 is 4.39 Å². The normalized spacial score (nSPS) is 22.3. The minimum Gasteiger partial charge on any atom is -0.468 e. The van der Waals surface area contributed by atoms with Crippen molar-refractivity contribution < 1.29 is 31.5 Å². The summed E-state index contributed by atoms with van der Waals surface area (Å²) in [6.07, 6.45) is -0.875. The highest BCUT2D eigenvalue weighted by Crippen LogP contribution is 2.35. The van der Waals surface area contributed by atoms with Crippen molar-refractivity contribution in [3.63, 3.8) is 0 Å². The lowest BCUT2D eigenvalue weighted by atomic mass is 9.81. The predicted molar refractivity (Wildman–Crippen MR) is 137 cm³/mol. The van der Waals surface area contributed by atoms with Gasteiger partial charge in [0.1, 0.15) is 11.2 Å². The van der Waals surface area contributed by atoms with E-state index in [1.54, 1.807) is 31.2 Å². The van der Waals surface area contributed by atoms with Crippen LogP contribution in [-0.2, 0) is 12.8 Å². The second-order valence-corrected chi connectivity index (χ2v) is 10.5.